The molecule has 0 radical (unpaired) electrons. The van der Waals surface area contributed by atoms with Gasteiger partial charge in [-0.3, -0.25) is 0 Å². The Morgan fingerprint density at radius 2 is 0.922 bits per heavy atom. The lowest BCUT2D eigenvalue weighted by atomic mass is 10.1. The normalized spacial score (nSPS) is 13.7. The summed E-state index contributed by atoms with van der Waals surface area (Å²) >= 11 is 0. The molecule has 0 aromatic heterocycles. The Morgan fingerprint density at radius 3 is 1.34 bits per heavy atom. The molecule has 2 aromatic rings. The molecule has 0 aliphatic rings. The van der Waals surface area contributed by atoms with Crippen molar-refractivity contribution in [2.75, 3.05) is 94.6 Å². The highest BCUT2D eigenvalue weighted by molar-refractivity contribution is 6.91. The van der Waals surface area contributed by atoms with Gasteiger partial charge in [0.25, 0.3) is 0 Å². The number of halogens is 3. The molecule has 2 unspecified atom stereocenters. The molecule has 77 heavy (non-hydrogen) atoms. The maximum Gasteiger partial charge on any atom is 0.389 e. The lowest BCUT2D eigenvalue weighted by molar-refractivity contribution is -0.214. The van der Waals surface area contributed by atoms with Crippen molar-refractivity contribution in [3.8, 4) is 0 Å². The minimum Gasteiger partial charge on any atom is -0.458 e. The van der Waals surface area contributed by atoms with Gasteiger partial charge in [-0.15, -0.1) is 6.58 Å². The van der Waals surface area contributed by atoms with E-state index < -0.39 is 66.9 Å². The number of methoxy groups -OCH3 is 2. The third-order valence-corrected chi connectivity index (χ3v) is 30.3. The molecule has 0 N–H and O–H groups in total. The molecule has 2 atom stereocenters. The van der Waals surface area contributed by atoms with Gasteiger partial charge in [-0.25, -0.2) is 9.59 Å². The molecule has 0 spiro atoms. The molecule has 0 heterocycles. The molecular weight excluding hydrogens is 1100 g/mol. The molecule has 26 heteroatoms. The molecule has 0 fully saturated rings. The summed E-state index contributed by atoms with van der Waals surface area (Å²) in [6, 6.07) is 16.8. The van der Waals surface area contributed by atoms with Crippen molar-refractivity contribution >= 4 is 54.3 Å². The van der Waals surface area contributed by atoms with Crippen molar-refractivity contribution in [1.82, 2.24) is 0 Å². The third-order valence-electron chi connectivity index (χ3n) is 10.1. The van der Waals surface area contributed by atoms with E-state index in [9.17, 15) is 22.8 Å². The van der Waals surface area contributed by atoms with Crippen LogP contribution in [0.4, 0.5) is 13.2 Å². The second kappa shape index (κ2) is 39.3. The van der Waals surface area contributed by atoms with E-state index in [0.717, 1.165) is 34.4 Å². The standard InChI is InChI=1S/C39H63F3O10Si5.C12H24O8/c1-12-37(43)47-29-33-17-14-19-35(27-33)31-53(4,5)49-56(10,25-16-22-46-24-23-45-3)51-55(8,9)52-57(11,26-21-39(40,41)42)50-54(6,7)32-36-20-15-18-34(28-36)30-48-38(44)13-2;1-3-4-14-7-16-9-18-11-20-12-19-10-17-8-15-6-5-13-2/h12-15,17-20,27-28H,1-2,16,21-26,29-32H2,3-11H3;3H,1,4-12H2,2H3. The molecule has 18 nitrogen and oxygen atoms in total. The second-order valence-corrected chi connectivity index (χ2v) is 38.7. The number of benzene rings is 2. The van der Waals surface area contributed by atoms with Crippen molar-refractivity contribution in [2.24, 2.45) is 0 Å². The van der Waals surface area contributed by atoms with Crippen LogP contribution in [0, 0.1) is 0 Å². The molecule has 0 saturated heterocycles. The van der Waals surface area contributed by atoms with Crippen LogP contribution in [0.2, 0.25) is 64.5 Å². The highest BCUT2D eigenvalue weighted by Gasteiger charge is 2.50. The summed E-state index contributed by atoms with van der Waals surface area (Å²) in [5.41, 5.74) is 3.58. The molecule has 2 aromatic carbocycles. The van der Waals surface area contributed by atoms with Crippen LogP contribution in [0.25, 0.3) is 0 Å². The minimum absolute atomic E-state index is 0.0606. The third kappa shape index (κ3) is 38.2. The summed E-state index contributed by atoms with van der Waals surface area (Å²) in [7, 11) is -11.8. The van der Waals surface area contributed by atoms with E-state index in [1.165, 1.54) is 0 Å². The van der Waals surface area contributed by atoms with Crippen LogP contribution in [0.3, 0.4) is 0 Å². The lowest BCUT2D eigenvalue weighted by Crippen LogP contribution is -2.61. The van der Waals surface area contributed by atoms with Crippen LogP contribution in [0.1, 0.15) is 35.1 Å². The number of hydrogen-bond donors (Lipinski definition) is 0. The van der Waals surface area contributed by atoms with Gasteiger partial charge in [-0.1, -0.05) is 67.8 Å². The summed E-state index contributed by atoms with van der Waals surface area (Å²) in [4.78, 5) is 23.3. The Morgan fingerprint density at radius 1 is 0.519 bits per heavy atom. The first kappa shape index (κ1) is 71.9. The first-order valence-corrected chi connectivity index (χ1v) is 39.2. The van der Waals surface area contributed by atoms with Crippen LogP contribution in [-0.2, 0) is 108 Å². The summed E-state index contributed by atoms with van der Waals surface area (Å²) in [5.74, 6) is -1.03. The van der Waals surface area contributed by atoms with E-state index in [0.29, 0.717) is 64.2 Å². The van der Waals surface area contributed by atoms with Crippen LogP contribution in [0.15, 0.2) is 86.5 Å². The fourth-order valence-electron chi connectivity index (χ4n) is 7.58. The molecule has 0 aliphatic heterocycles. The molecule has 2 rings (SSSR count). The summed E-state index contributed by atoms with van der Waals surface area (Å²) in [6.45, 7) is 29.7. The van der Waals surface area contributed by atoms with Crippen LogP contribution in [0.5, 0.6) is 0 Å². The Hall–Kier alpha value is -3.09. The Kier molecular flexibility index (Phi) is 36.7. The van der Waals surface area contributed by atoms with Crippen molar-refractivity contribution in [2.45, 2.75) is 109 Å². The Bertz CT molecular complexity index is 1970. The zero-order valence-corrected chi connectivity index (χ0v) is 52.1. The predicted molar refractivity (Wildman–Crippen MR) is 297 cm³/mol. The number of carbonyl (C=O) groups is 2. The van der Waals surface area contributed by atoms with Gasteiger partial charge >= 0.3 is 43.8 Å². The SMILES string of the molecule is C=CC(=O)OCc1cccc(C[Si](C)(C)O[Si](C)(CCCOCCOC)O[Si](C)(C)O[Si](C)(CCC(F)(F)F)O[Si](C)(C)Cc2cccc(COC(=O)C=C)c2)c1.C=CCOCOCOCOCOCOCOCCOC. The lowest BCUT2D eigenvalue weighted by Gasteiger charge is -2.44. The van der Waals surface area contributed by atoms with Crippen molar-refractivity contribution < 1.29 is 96.1 Å². The second-order valence-electron chi connectivity index (χ2n) is 19.3. The van der Waals surface area contributed by atoms with Gasteiger partial charge in [0.15, 0.2) is 43.8 Å². The number of ether oxygens (including phenoxy) is 12. The molecule has 0 bridgehead atoms. The average Bonchev–Trinajstić information content (AvgIpc) is 3.34. The summed E-state index contributed by atoms with van der Waals surface area (Å²) < 4.78 is 130. The van der Waals surface area contributed by atoms with Gasteiger partial charge in [0, 0.05) is 39.4 Å². The number of rotatable bonds is 44. The topological polar surface area (TPSA) is 182 Å². The van der Waals surface area contributed by atoms with Gasteiger partial charge in [-0.2, -0.15) is 13.2 Å². The quantitative estimate of drug-likeness (QED) is 0.0152. The van der Waals surface area contributed by atoms with E-state index in [4.69, 9.17) is 73.3 Å². The van der Waals surface area contributed by atoms with E-state index in [1.54, 1.807) is 26.8 Å². The minimum atomic E-state index is -4.40. The Balaban J connectivity index is 0.00000124. The molecule has 0 amide bonds. The van der Waals surface area contributed by atoms with Crippen molar-refractivity contribution in [1.29, 1.82) is 0 Å². The highest BCUT2D eigenvalue weighted by Crippen LogP contribution is 2.35. The number of alkyl halides is 3. The fourth-order valence-corrected chi connectivity index (χ4v) is 33.0. The monoisotopic (exact) mass is 1180 g/mol. The molecular formula is C51H87F3O18Si5. The van der Waals surface area contributed by atoms with Gasteiger partial charge in [0.05, 0.1) is 33.0 Å². The molecule has 440 valence electrons. The van der Waals surface area contributed by atoms with Gasteiger partial charge in [0.1, 0.15) is 26.8 Å². The van der Waals surface area contributed by atoms with E-state index in [1.807, 2.05) is 81.3 Å². The number of hydrogen-bond acceptors (Lipinski definition) is 18. The zero-order valence-electron chi connectivity index (χ0n) is 47.1. The highest BCUT2D eigenvalue weighted by atomic mass is 28.5. The van der Waals surface area contributed by atoms with Crippen LogP contribution >= 0.6 is 0 Å². The summed E-state index contributed by atoms with van der Waals surface area (Å²) in [5, 5.41) is 0. The van der Waals surface area contributed by atoms with E-state index in [2.05, 4.69) is 32.8 Å². The maximum absolute atomic E-state index is 13.8. The Labute approximate surface area is 460 Å². The van der Waals surface area contributed by atoms with Gasteiger partial charge in [0.2, 0.25) is 0 Å². The molecule has 0 saturated carbocycles. The van der Waals surface area contributed by atoms with Crippen LogP contribution in [-0.4, -0.2) is 155 Å². The van der Waals surface area contributed by atoms with E-state index >= 15 is 0 Å². The number of carbonyl (C=O) groups excluding carboxylic acids is 2. The van der Waals surface area contributed by atoms with Gasteiger partial charge in [-0.05, 0) is 105 Å². The average molecular weight is 1190 g/mol. The smallest absolute Gasteiger partial charge is 0.389 e. The summed E-state index contributed by atoms with van der Waals surface area (Å²) in [6.07, 6.45) is -0.924. The largest absolute Gasteiger partial charge is 0.458 e. The van der Waals surface area contributed by atoms with Crippen molar-refractivity contribution in [3.05, 3.63) is 109 Å². The van der Waals surface area contributed by atoms with Gasteiger partial charge < -0.3 is 73.3 Å². The maximum atomic E-state index is 13.8. The van der Waals surface area contributed by atoms with Crippen molar-refractivity contribution in [3.63, 3.8) is 0 Å². The van der Waals surface area contributed by atoms with Crippen LogP contribution < -0.4 is 0 Å². The molecule has 0 aliphatic carbocycles. The zero-order chi connectivity index (χ0) is 57.7. The number of esters is 2. The fraction of sp³-hybridized carbons (Fsp3) is 0.608. The first-order chi connectivity index (χ1) is 36.3. The predicted octanol–water partition coefficient (Wildman–Crippen LogP) is 10.0. The first-order valence-electron chi connectivity index (χ1n) is 25.1. The van der Waals surface area contributed by atoms with E-state index in [-0.39, 0.29) is 60.0 Å².